The number of piperidine rings is 1. The normalized spacial score (nSPS) is 16.1. The molecule has 2 aromatic rings. The minimum atomic E-state index is 0.542. The van der Waals surface area contributed by atoms with Gasteiger partial charge in [0.25, 0.3) is 0 Å². The van der Waals surface area contributed by atoms with Gasteiger partial charge in [0.1, 0.15) is 5.82 Å². The number of nitrogens with zero attached hydrogens (tertiary/aromatic N) is 2. The van der Waals surface area contributed by atoms with E-state index in [1.165, 1.54) is 29.3 Å². The first-order valence-corrected chi connectivity index (χ1v) is 7.70. The first-order valence-electron chi connectivity index (χ1n) is 7.70. The van der Waals surface area contributed by atoms with Crippen molar-refractivity contribution in [3.8, 4) is 0 Å². The topological polar surface area (TPSA) is 40.2 Å². The summed E-state index contributed by atoms with van der Waals surface area (Å²) in [6.07, 6.45) is 2.34. The van der Waals surface area contributed by atoms with Gasteiger partial charge in [-0.2, -0.15) is 0 Å². The number of aryl methyl sites for hydroxylation is 1. The van der Waals surface area contributed by atoms with E-state index in [0.717, 1.165) is 24.6 Å². The Morgan fingerprint density at radius 2 is 1.81 bits per heavy atom. The molecule has 4 heteroatoms. The summed E-state index contributed by atoms with van der Waals surface area (Å²) in [7, 11) is 4.10. The van der Waals surface area contributed by atoms with E-state index in [0.29, 0.717) is 6.04 Å². The molecule has 0 radical (unpaired) electrons. The van der Waals surface area contributed by atoms with Crippen LogP contribution in [-0.4, -0.2) is 38.2 Å². The molecule has 1 saturated heterocycles. The van der Waals surface area contributed by atoms with E-state index >= 15 is 0 Å². The second-order valence-electron chi connectivity index (χ2n) is 6.00. The fourth-order valence-corrected chi connectivity index (χ4v) is 3.06. The first-order chi connectivity index (χ1) is 10.2. The molecule has 0 aliphatic carbocycles. The van der Waals surface area contributed by atoms with Crippen molar-refractivity contribution in [1.82, 2.24) is 10.3 Å². The summed E-state index contributed by atoms with van der Waals surface area (Å²) in [6.45, 7) is 4.29. The van der Waals surface area contributed by atoms with Crippen LogP contribution < -0.4 is 15.5 Å². The highest BCUT2D eigenvalue weighted by atomic mass is 15.1. The molecule has 1 fully saturated rings. The fraction of sp³-hybridized carbons (Fsp3) is 0.471. The first kappa shape index (κ1) is 14.1. The van der Waals surface area contributed by atoms with E-state index < -0.39 is 0 Å². The fourth-order valence-electron chi connectivity index (χ4n) is 3.06. The van der Waals surface area contributed by atoms with Crippen LogP contribution >= 0.6 is 0 Å². The van der Waals surface area contributed by atoms with E-state index in [9.17, 15) is 0 Å². The van der Waals surface area contributed by atoms with Crippen molar-refractivity contribution in [3.63, 3.8) is 0 Å². The summed E-state index contributed by atoms with van der Waals surface area (Å²) in [5.41, 5.74) is 2.28. The third kappa shape index (κ3) is 2.81. The van der Waals surface area contributed by atoms with Crippen molar-refractivity contribution in [3.05, 3.63) is 30.0 Å². The zero-order chi connectivity index (χ0) is 14.8. The minimum absolute atomic E-state index is 0.542. The molecule has 0 saturated carbocycles. The molecule has 0 atom stereocenters. The number of rotatable bonds is 3. The lowest BCUT2D eigenvalue weighted by Gasteiger charge is -2.27. The predicted octanol–water partition coefficient (Wildman–Crippen LogP) is 2.77. The zero-order valence-corrected chi connectivity index (χ0v) is 13.1. The van der Waals surface area contributed by atoms with Gasteiger partial charge in [-0.15, -0.1) is 0 Å². The van der Waals surface area contributed by atoms with Gasteiger partial charge in [-0.3, -0.25) is 0 Å². The number of hydrogen-bond donors (Lipinski definition) is 2. The van der Waals surface area contributed by atoms with Gasteiger partial charge in [-0.25, -0.2) is 4.98 Å². The molecule has 0 amide bonds. The summed E-state index contributed by atoms with van der Waals surface area (Å²) >= 11 is 0. The van der Waals surface area contributed by atoms with E-state index in [2.05, 4.69) is 46.7 Å². The third-order valence-electron chi connectivity index (χ3n) is 4.18. The third-order valence-corrected chi connectivity index (χ3v) is 4.18. The van der Waals surface area contributed by atoms with Gasteiger partial charge in [-0.1, -0.05) is 24.3 Å². The van der Waals surface area contributed by atoms with E-state index in [1.54, 1.807) is 0 Å². The monoisotopic (exact) mass is 284 g/mol. The van der Waals surface area contributed by atoms with Crippen LogP contribution in [0, 0.1) is 6.92 Å². The second-order valence-corrected chi connectivity index (χ2v) is 6.00. The molecule has 3 rings (SSSR count). The van der Waals surface area contributed by atoms with Gasteiger partial charge in [0.15, 0.2) is 0 Å². The summed E-state index contributed by atoms with van der Waals surface area (Å²) in [4.78, 5) is 6.90. The smallest absolute Gasteiger partial charge is 0.136 e. The molecule has 2 N–H and O–H groups in total. The van der Waals surface area contributed by atoms with E-state index in [4.69, 9.17) is 4.98 Å². The van der Waals surface area contributed by atoms with Crippen LogP contribution in [-0.2, 0) is 0 Å². The van der Waals surface area contributed by atoms with Gasteiger partial charge >= 0.3 is 0 Å². The van der Waals surface area contributed by atoms with Crippen LogP contribution in [0.1, 0.15) is 18.5 Å². The number of aromatic nitrogens is 1. The Morgan fingerprint density at radius 1 is 1.14 bits per heavy atom. The molecular formula is C17H24N4. The molecule has 112 valence electrons. The number of nitrogens with one attached hydrogen (secondary N) is 2. The van der Waals surface area contributed by atoms with Gasteiger partial charge in [-0.05, 0) is 32.9 Å². The van der Waals surface area contributed by atoms with Gasteiger partial charge in [0, 0.05) is 30.9 Å². The van der Waals surface area contributed by atoms with Crippen molar-refractivity contribution >= 4 is 22.3 Å². The number of anilines is 2. The maximum absolute atomic E-state index is 4.81. The molecule has 0 bridgehead atoms. The minimum Gasteiger partial charge on any atom is -0.380 e. The van der Waals surface area contributed by atoms with Crippen molar-refractivity contribution in [1.29, 1.82) is 0 Å². The number of hydrogen-bond acceptors (Lipinski definition) is 4. The molecule has 1 aliphatic rings. The Kier molecular flexibility index (Phi) is 3.97. The number of fused-ring (bicyclic) bond motifs is 1. The maximum atomic E-state index is 4.81. The van der Waals surface area contributed by atoms with Gasteiger partial charge < -0.3 is 15.5 Å². The Bertz CT molecular complexity index is 630. The molecule has 1 aromatic heterocycles. The molecule has 0 unspecified atom stereocenters. The zero-order valence-electron chi connectivity index (χ0n) is 13.1. The lowest BCUT2D eigenvalue weighted by molar-refractivity contribution is 0.479. The Hall–Kier alpha value is -1.81. The van der Waals surface area contributed by atoms with E-state index in [1.807, 2.05) is 14.1 Å². The largest absolute Gasteiger partial charge is 0.380 e. The molecule has 21 heavy (non-hydrogen) atoms. The Morgan fingerprint density at radius 3 is 2.48 bits per heavy atom. The number of benzene rings is 1. The average Bonchev–Trinajstić information content (AvgIpc) is 2.50. The van der Waals surface area contributed by atoms with Crippen LogP contribution in [0.4, 0.5) is 11.5 Å². The SMILES string of the molecule is Cc1nc(N(C)C)c2ccccc2c1NC1CCNCC1. The van der Waals surface area contributed by atoms with Crippen LogP contribution in [0.25, 0.3) is 10.8 Å². The lowest BCUT2D eigenvalue weighted by atomic mass is 10.0. The Labute approximate surface area is 126 Å². The van der Waals surface area contributed by atoms with E-state index in [-0.39, 0.29) is 0 Å². The van der Waals surface area contributed by atoms with Crippen LogP contribution in [0.5, 0.6) is 0 Å². The van der Waals surface area contributed by atoms with Gasteiger partial charge in [0.2, 0.25) is 0 Å². The number of pyridine rings is 1. The van der Waals surface area contributed by atoms with Crippen LogP contribution in [0.15, 0.2) is 24.3 Å². The van der Waals surface area contributed by atoms with Gasteiger partial charge in [0.05, 0.1) is 11.4 Å². The highest BCUT2D eigenvalue weighted by Gasteiger charge is 2.17. The summed E-state index contributed by atoms with van der Waals surface area (Å²) in [5, 5.41) is 9.63. The molecule has 0 spiro atoms. The maximum Gasteiger partial charge on any atom is 0.136 e. The lowest BCUT2D eigenvalue weighted by Crippen LogP contribution is -2.35. The van der Waals surface area contributed by atoms with Crippen molar-refractivity contribution < 1.29 is 0 Å². The summed E-state index contributed by atoms with van der Waals surface area (Å²) in [5.74, 6) is 1.04. The summed E-state index contributed by atoms with van der Waals surface area (Å²) in [6, 6.07) is 9.08. The van der Waals surface area contributed by atoms with Crippen LogP contribution in [0.2, 0.25) is 0 Å². The highest BCUT2D eigenvalue weighted by molar-refractivity contribution is 6.01. The standard InChI is InChI=1S/C17H24N4/c1-12-16(20-13-8-10-18-11-9-13)14-6-4-5-7-15(14)17(19-12)21(2)3/h4-7,13,18,20H,8-11H2,1-3H3. The molecular weight excluding hydrogens is 260 g/mol. The van der Waals surface area contributed by atoms with Crippen molar-refractivity contribution in [2.75, 3.05) is 37.4 Å². The summed E-state index contributed by atoms with van der Waals surface area (Å²) < 4.78 is 0. The second kappa shape index (κ2) is 5.90. The average molecular weight is 284 g/mol. The predicted molar refractivity (Wildman–Crippen MR) is 90.3 cm³/mol. The molecule has 4 nitrogen and oxygen atoms in total. The van der Waals surface area contributed by atoms with Crippen LogP contribution in [0.3, 0.4) is 0 Å². The molecule has 2 heterocycles. The molecule has 1 aliphatic heterocycles. The quantitative estimate of drug-likeness (QED) is 0.909. The Balaban J connectivity index is 2.05. The highest BCUT2D eigenvalue weighted by Crippen LogP contribution is 2.32. The van der Waals surface area contributed by atoms with Crippen molar-refractivity contribution in [2.45, 2.75) is 25.8 Å². The van der Waals surface area contributed by atoms with Crippen molar-refractivity contribution in [2.24, 2.45) is 0 Å². The molecule has 1 aromatic carbocycles.